The van der Waals surface area contributed by atoms with Crippen LogP contribution in [0.15, 0.2) is 66.7 Å². The number of ether oxygens (including phenoxy) is 1. The van der Waals surface area contributed by atoms with Crippen molar-refractivity contribution >= 4 is 35.3 Å². The molecule has 1 aliphatic heterocycles. The highest BCUT2D eigenvalue weighted by Crippen LogP contribution is 2.53. The third-order valence-electron chi connectivity index (χ3n) is 6.50. The number of imide groups is 1. The Bertz CT molecular complexity index is 1190. The number of allylic oxidation sites excluding steroid dienone is 2. The molecule has 0 aromatic heterocycles. The van der Waals surface area contributed by atoms with Gasteiger partial charge in [-0.2, -0.15) is 0 Å². The summed E-state index contributed by atoms with van der Waals surface area (Å²) in [6, 6.07) is 14.3. The fourth-order valence-corrected chi connectivity index (χ4v) is 4.97. The molecule has 0 spiro atoms. The molecule has 4 amide bonds. The van der Waals surface area contributed by atoms with E-state index < -0.39 is 24.4 Å². The van der Waals surface area contributed by atoms with E-state index in [2.05, 4.69) is 10.9 Å². The van der Waals surface area contributed by atoms with Crippen LogP contribution in [0.2, 0.25) is 0 Å². The SMILES string of the molecule is O=C(COC(=O)c1cccc(N2C(=O)[C@H]3[C@H](C2=O)[C@H]2C=C[C@H]3C2)c1)NNC(=O)c1ccccc1. The number of anilines is 1. The predicted octanol–water partition coefficient (Wildman–Crippen LogP) is 1.62. The maximum absolute atomic E-state index is 13.0. The first-order valence-electron chi connectivity index (χ1n) is 10.9. The third kappa shape index (κ3) is 3.75. The number of benzene rings is 2. The van der Waals surface area contributed by atoms with Crippen LogP contribution in [0.1, 0.15) is 27.1 Å². The lowest BCUT2D eigenvalue weighted by Gasteiger charge is -2.18. The first kappa shape index (κ1) is 21.6. The van der Waals surface area contributed by atoms with Crippen molar-refractivity contribution in [3.63, 3.8) is 0 Å². The maximum atomic E-state index is 13.0. The van der Waals surface area contributed by atoms with Crippen molar-refractivity contribution in [1.82, 2.24) is 10.9 Å². The summed E-state index contributed by atoms with van der Waals surface area (Å²) < 4.78 is 5.02. The number of carbonyl (C=O) groups excluding carboxylic acids is 5. The van der Waals surface area contributed by atoms with Crippen LogP contribution < -0.4 is 15.8 Å². The molecule has 9 heteroatoms. The van der Waals surface area contributed by atoms with Crippen molar-refractivity contribution in [2.45, 2.75) is 6.42 Å². The molecular weight excluding hydrogens is 438 g/mol. The Hall–Kier alpha value is -4.27. The molecule has 1 heterocycles. The Morgan fingerprint density at radius 2 is 1.50 bits per heavy atom. The summed E-state index contributed by atoms with van der Waals surface area (Å²) in [4.78, 5) is 63.5. The lowest BCUT2D eigenvalue weighted by atomic mass is 9.85. The zero-order valence-electron chi connectivity index (χ0n) is 18.0. The molecule has 3 aliphatic rings. The summed E-state index contributed by atoms with van der Waals surface area (Å²) in [6.45, 7) is -0.626. The Morgan fingerprint density at radius 3 is 2.18 bits per heavy atom. The minimum absolute atomic E-state index is 0.0884. The number of hydrazine groups is 1. The van der Waals surface area contributed by atoms with Gasteiger partial charge in [-0.1, -0.05) is 36.4 Å². The van der Waals surface area contributed by atoms with Gasteiger partial charge in [-0.25, -0.2) is 9.69 Å². The number of rotatable bonds is 5. The van der Waals surface area contributed by atoms with Gasteiger partial charge < -0.3 is 4.74 Å². The standard InChI is InChI=1S/C25H21N3O6/c29-19(26-27-22(30)14-5-2-1-3-6-14)13-34-25(33)17-7-4-8-18(12-17)28-23(31)20-15-9-10-16(11-15)21(20)24(28)32/h1-10,12,15-16,20-21H,11,13H2,(H,26,29)(H,27,30)/t15-,16-,20+,21+/m0/s1. The van der Waals surface area contributed by atoms with Gasteiger partial charge in [0.15, 0.2) is 6.61 Å². The molecular formula is C25H21N3O6. The van der Waals surface area contributed by atoms with Crippen LogP contribution in [0.25, 0.3) is 0 Å². The smallest absolute Gasteiger partial charge is 0.338 e. The van der Waals surface area contributed by atoms with Gasteiger partial charge in [-0.05, 0) is 48.6 Å². The number of hydrogen-bond donors (Lipinski definition) is 2. The van der Waals surface area contributed by atoms with Gasteiger partial charge in [0.2, 0.25) is 11.8 Å². The van der Waals surface area contributed by atoms with Gasteiger partial charge in [0.05, 0.1) is 23.1 Å². The highest BCUT2D eigenvalue weighted by molar-refractivity contribution is 6.23. The number of nitrogens with zero attached hydrogens (tertiary/aromatic N) is 1. The molecule has 0 unspecified atom stereocenters. The fourth-order valence-electron chi connectivity index (χ4n) is 4.97. The van der Waals surface area contributed by atoms with E-state index in [1.54, 1.807) is 42.5 Å². The normalized spacial score (nSPS) is 24.2. The second kappa shape index (κ2) is 8.58. The zero-order valence-corrected chi connectivity index (χ0v) is 18.0. The van der Waals surface area contributed by atoms with E-state index >= 15 is 0 Å². The van der Waals surface area contributed by atoms with E-state index in [1.807, 2.05) is 12.2 Å². The van der Waals surface area contributed by atoms with Gasteiger partial charge >= 0.3 is 5.97 Å². The Balaban J connectivity index is 1.18. The lowest BCUT2D eigenvalue weighted by molar-refractivity contribution is -0.125. The molecule has 4 atom stereocenters. The number of fused-ring (bicyclic) bond motifs is 5. The summed E-state index contributed by atoms with van der Waals surface area (Å²) in [5, 5.41) is 0. The van der Waals surface area contributed by atoms with Gasteiger partial charge in [-0.3, -0.25) is 30.0 Å². The summed E-state index contributed by atoms with van der Waals surface area (Å²) >= 11 is 0. The number of nitrogens with one attached hydrogen (secondary N) is 2. The highest BCUT2D eigenvalue weighted by Gasteiger charge is 2.59. The Labute approximate surface area is 194 Å². The van der Waals surface area contributed by atoms with Crippen LogP contribution in [0, 0.1) is 23.7 Å². The van der Waals surface area contributed by atoms with Crippen LogP contribution in [0.3, 0.4) is 0 Å². The minimum atomic E-state index is -0.799. The molecule has 0 radical (unpaired) electrons. The van der Waals surface area contributed by atoms with E-state index in [1.165, 1.54) is 12.1 Å². The summed E-state index contributed by atoms with van der Waals surface area (Å²) in [5.74, 6) is -3.03. The predicted molar refractivity (Wildman–Crippen MR) is 119 cm³/mol. The molecule has 1 saturated heterocycles. The van der Waals surface area contributed by atoms with Crippen LogP contribution in [-0.2, 0) is 19.1 Å². The van der Waals surface area contributed by atoms with Gasteiger partial charge in [0.25, 0.3) is 11.8 Å². The Kier molecular flexibility index (Phi) is 5.45. The summed E-state index contributed by atoms with van der Waals surface area (Å²) in [5.41, 5.74) is 5.16. The van der Waals surface area contributed by atoms with Crippen molar-refractivity contribution in [3.8, 4) is 0 Å². The average molecular weight is 459 g/mol. The van der Waals surface area contributed by atoms with Gasteiger partial charge in [0, 0.05) is 5.56 Å². The maximum Gasteiger partial charge on any atom is 0.338 e. The van der Waals surface area contributed by atoms with Gasteiger partial charge in [0.1, 0.15) is 0 Å². The number of amides is 4. The molecule has 2 aliphatic carbocycles. The molecule has 172 valence electrons. The average Bonchev–Trinajstić information content (AvgIpc) is 3.55. The molecule has 2 N–H and O–H groups in total. The number of hydrogen-bond acceptors (Lipinski definition) is 6. The number of carbonyl (C=O) groups is 5. The molecule has 34 heavy (non-hydrogen) atoms. The summed E-state index contributed by atoms with van der Waals surface area (Å²) in [6.07, 6.45) is 4.87. The van der Waals surface area contributed by atoms with Crippen molar-refractivity contribution in [2.75, 3.05) is 11.5 Å². The van der Waals surface area contributed by atoms with Crippen molar-refractivity contribution in [3.05, 3.63) is 77.9 Å². The molecule has 5 rings (SSSR count). The molecule has 9 nitrogen and oxygen atoms in total. The molecule has 2 fully saturated rings. The number of esters is 1. The van der Waals surface area contributed by atoms with E-state index in [4.69, 9.17) is 4.74 Å². The first-order chi connectivity index (χ1) is 16.4. The largest absolute Gasteiger partial charge is 0.452 e. The van der Waals surface area contributed by atoms with E-state index in [0.29, 0.717) is 11.3 Å². The molecule has 2 bridgehead atoms. The quantitative estimate of drug-likeness (QED) is 0.303. The van der Waals surface area contributed by atoms with E-state index in [-0.39, 0.29) is 41.0 Å². The molecule has 1 saturated carbocycles. The van der Waals surface area contributed by atoms with Crippen LogP contribution in [-0.4, -0.2) is 36.2 Å². The Morgan fingerprint density at radius 1 is 0.853 bits per heavy atom. The fraction of sp³-hybridized carbons (Fsp3) is 0.240. The van der Waals surface area contributed by atoms with Gasteiger partial charge in [-0.15, -0.1) is 0 Å². The van der Waals surface area contributed by atoms with Crippen molar-refractivity contribution in [1.29, 1.82) is 0 Å². The van der Waals surface area contributed by atoms with Crippen molar-refractivity contribution in [2.24, 2.45) is 23.7 Å². The van der Waals surface area contributed by atoms with Crippen LogP contribution >= 0.6 is 0 Å². The van der Waals surface area contributed by atoms with Crippen molar-refractivity contribution < 1.29 is 28.7 Å². The van der Waals surface area contributed by atoms with E-state index in [0.717, 1.165) is 11.3 Å². The second-order valence-corrected chi connectivity index (χ2v) is 8.51. The van der Waals surface area contributed by atoms with Crippen LogP contribution in [0.5, 0.6) is 0 Å². The highest BCUT2D eigenvalue weighted by atomic mass is 16.5. The third-order valence-corrected chi connectivity index (χ3v) is 6.50. The minimum Gasteiger partial charge on any atom is -0.452 e. The molecule has 2 aromatic carbocycles. The summed E-state index contributed by atoms with van der Waals surface area (Å²) in [7, 11) is 0. The topological polar surface area (TPSA) is 122 Å². The van der Waals surface area contributed by atoms with Crippen LogP contribution in [0.4, 0.5) is 5.69 Å². The lowest BCUT2D eigenvalue weighted by Crippen LogP contribution is -2.43. The second-order valence-electron chi connectivity index (χ2n) is 8.51. The van der Waals surface area contributed by atoms with E-state index in [9.17, 15) is 24.0 Å². The molecule has 2 aromatic rings. The first-order valence-corrected chi connectivity index (χ1v) is 10.9. The monoisotopic (exact) mass is 459 g/mol. The zero-order chi connectivity index (χ0) is 23.8.